The molecule has 0 unspecified atom stereocenters. The van der Waals surface area contributed by atoms with Gasteiger partial charge in [0.1, 0.15) is 0 Å². The molecule has 1 aliphatic heterocycles. The number of amides is 1. The van der Waals surface area contributed by atoms with Crippen molar-refractivity contribution in [2.45, 2.75) is 13.1 Å². The molecule has 5 rings (SSSR count). The molecule has 1 amide bonds. The maximum absolute atomic E-state index is 14.1. The molecule has 0 aliphatic carbocycles. The van der Waals surface area contributed by atoms with Gasteiger partial charge < -0.3 is 24.4 Å². The lowest BCUT2D eigenvalue weighted by Crippen LogP contribution is -2.32. The first-order valence-electron chi connectivity index (χ1n) is 12.4. The highest BCUT2D eigenvalue weighted by Gasteiger charge is 2.34. The first kappa shape index (κ1) is 28.4. The molecule has 206 valence electrons. The molecular formula is C30H28ClN3O6. The quantitative estimate of drug-likeness (QED) is 0.286. The number of aliphatic carboxylic acids is 2. The highest BCUT2D eigenvalue weighted by atomic mass is 35.5. The number of ether oxygens (including phenoxy) is 1. The van der Waals surface area contributed by atoms with Crippen LogP contribution in [0.4, 0.5) is 5.69 Å². The Morgan fingerprint density at radius 2 is 1.60 bits per heavy atom. The average Bonchev–Trinajstić information content (AvgIpc) is 3.16. The summed E-state index contributed by atoms with van der Waals surface area (Å²) in [5, 5.41) is 17.1. The molecule has 0 saturated heterocycles. The summed E-state index contributed by atoms with van der Waals surface area (Å²) in [6.45, 7) is 1.88. The Bertz CT molecular complexity index is 1560. The number of aromatic nitrogens is 1. The van der Waals surface area contributed by atoms with E-state index in [2.05, 4.69) is 4.90 Å². The lowest BCUT2D eigenvalue weighted by atomic mass is 10.1. The molecule has 2 N–H and O–H groups in total. The largest absolute Gasteiger partial charge is 0.478 e. The molecule has 0 fully saturated rings. The number of nitrogens with zero attached hydrogens (tertiary/aromatic N) is 3. The highest BCUT2D eigenvalue weighted by Crippen LogP contribution is 2.44. The van der Waals surface area contributed by atoms with Gasteiger partial charge in [-0.05, 0) is 50.0 Å². The van der Waals surface area contributed by atoms with Crippen molar-refractivity contribution in [2.75, 3.05) is 25.5 Å². The topological polar surface area (TPSA) is 112 Å². The lowest BCUT2D eigenvalue weighted by Gasteiger charge is -2.23. The number of hydrogen-bond donors (Lipinski definition) is 2. The number of carboxylic acids is 2. The summed E-state index contributed by atoms with van der Waals surface area (Å²) in [7, 11) is 4.04. The molecule has 1 aliphatic rings. The van der Waals surface area contributed by atoms with E-state index in [-0.39, 0.29) is 5.91 Å². The molecule has 0 atom stereocenters. The van der Waals surface area contributed by atoms with Gasteiger partial charge in [-0.25, -0.2) is 9.59 Å². The van der Waals surface area contributed by atoms with Crippen molar-refractivity contribution in [1.29, 1.82) is 0 Å². The minimum atomic E-state index is -1.26. The zero-order chi connectivity index (χ0) is 28.8. The zero-order valence-corrected chi connectivity index (χ0v) is 22.7. The third-order valence-electron chi connectivity index (χ3n) is 6.12. The molecular weight excluding hydrogens is 534 g/mol. The van der Waals surface area contributed by atoms with Gasteiger partial charge in [0.05, 0.1) is 17.7 Å². The molecule has 4 aromatic rings. The molecule has 3 aromatic carbocycles. The highest BCUT2D eigenvalue weighted by molar-refractivity contribution is 6.31. The second-order valence-electron chi connectivity index (χ2n) is 9.25. The van der Waals surface area contributed by atoms with E-state index in [0.717, 1.165) is 28.7 Å². The van der Waals surface area contributed by atoms with Gasteiger partial charge in [-0.1, -0.05) is 54.1 Å². The minimum Gasteiger partial charge on any atom is -0.478 e. The van der Waals surface area contributed by atoms with E-state index in [1.165, 1.54) is 0 Å². The van der Waals surface area contributed by atoms with E-state index in [0.29, 0.717) is 47.5 Å². The van der Waals surface area contributed by atoms with Gasteiger partial charge in [-0.15, -0.1) is 0 Å². The Morgan fingerprint density at radius 1 is 0.950 bits per heavy atom. The van der Waals surface area contributed by atoms with Crippen LogP contribution in [-0.2, 0) is 22.7 Å². The summed E-state index contributed by atoms with van der Waals surface area (Å²) in [6.07, 6.45) is 1.12. The number of carbonyl (C=O) groups excluding carboxylic acids is 1. The molecule has 0 radical (unpaired) electrons. The predicted molar refractivity (Wildman–Crippen MR) is 153 cm³/mol. The third-order valence-corrected chi connectivity index (χ3v) is 6.35. The predicted octanol–water partition coefficient (Wildman–Crippen LogP) is 5.52. The maximum Gasteiger partial charge on any atom is 0.328 e. The van der Waals surface area contributed by atoms with E-state index in [4.69, 9.17) is 26.6 Å². The molecule has 0 bridgehead atoms. The van der Waals surface area contributed by atoms with Crippen molar-refractivity contribution in [2.24, 2.45) is 0 Å². The molecule has 2 heterocycles. The second-order valence-corrected chi connectivity index (χ2v) is 9.69. The van der Waals surface area contributed by atoms with Crippen LogP contribution in [-0.4, -0.2) is 58.2 Å². The summed E-state index contributed by atoms with van der Waals surface area (Å²) >= 11 is 6.34. The molecule has 0 spiro atoms. The first-order valence-corrected chi connectivity index (χ1v) is 12.8. The van der Waals surface area contributed by atoms with Crippen LogP contribution < -0.4 is 9.64 Å². The molecule has 0 saturated carbocycles. The lowest BCUT2D eigenvalue weighted by molar-refractivity contribution is -0.134. The molecule has 10 heteroatoms. The summed E-state index contributed by atoms with van der Waals surface area (Å²) in [5.41, 5.74) is 3.27. The first-order chi connectivity index (χ1) is 19.2. The third kappa shape index (κ3) is 6.51. The van der Waals surface area contributed by atoms with Crippen LogP contribution in [0.15, 0.2) is 84.9 Å². The number of anilines is 1. The molecule has 1 aromatic heterocycles. The normalized spacial score (nSPS) is 12.4. The Kier molecular flexibility index (Phi) is 8.88. The van der Waals surface area contributed by atoms with E-state index in [1.807, 2.05) is 96.4 Å². The number of benzene rings is 3. The van der Waals surface area contributed by atoms with E-state index in [1.54, 1.807) is 0 Å². The number of para-hydroxylation sites is 2. The van der Waals surface area contributed by atoms with Gasteiger partial charge in [-0.3, -0.25) is 9.69 Å². The van der Waals surface area contributed by atoms with Crippen LogP contribution in [0.2, 0.25) is 5.02 Å². The number of likely N-dealkylation sites (N-methyl/N-ethyl adjacent to an activating group) is 1. The zero-order valence-electron chi connectivity index (χ0n) is 22.0. The average molecular weight is 562 g/mol. The summed E-state index contributed by atoms with van der Waals surface area (Å²) < 4.78 is 8.49. The van der Waals surface area contributed by atoms with Crippen molar-refractivity contribution in [3.63, 3.8) is 0 Å². The smallest absolute Gasteiger partial charge is 0.328 e. The van der Waals surface area contributed by atoms with Crippen molar-refractivity contribution >= 4 is 46.0 Å². The van der Waals surface area contributed by atoms with E-state index >= 15 is 0 Å². The number of rotatable bonds is 7. The van der Waals surface area contributed by atoms with Gasteiger partial charge in [0.15, 0.2) is 17.2 Å². The van der Waals surface area contributed by atoms with Crippen LogP contribution in [0.25, 0.3) is 10.9 Å². The minimum absolute atomic E-state index is 0.0834. The fourth-order valence-electron chi connectivity index (χ4n) is 4.32. The van der Waals surface area contributed by atoms with Crippen LogP contribution in [0, 0.1) is 0 Å². The fraction of sp³-hybridized carbons (Fsp3) is 0.167. The number of halogens is 1. The number of fused-ring (bicyclic) bond motifs is 4. The van der Waals surface area contributed by atoms with Crippen LogP contribution in [0.3, 0.4) is 0 Å². The standard InChI is InChI=1S/C26H24ClN3O2.C4H4O4/c1-28(2)14-15-29-22-16-19(27)12-13-20(22)25-24(29)26(31)30(17-18-8-4-3-5-9-18)21-10-6-7-11-23(21)32-25;5-3(6)1-2-4(7)8/h3-13,16H,14-15,17H2,1-2H3;1-2H,(H,5,6)(H,7,8)/b;2-1-. The Morgan fingerprint density at radius 3 is 2.25 bits per heavy atom. The maximum atomic E-state index is 14.1. The van der Waals surface area contributed by atoms with E-state index < -0.39 is 11.9 Å². The molecule has 40 heavy (non-hydrogen) atoms. The van der Waals surface area contributed by atoms with E-state index in [9.17, 15) is 14.4 Å². The number of hydrogen-bond acceptors (Lipinski definition) is 5. The summed E-state index contributed by atoms with van der Waals surface area (Å²) in [5.74, 6) is -1.35. The van der Waals surface area contributed by atoms with Crippen molar-refractivity contribution in [3.05, 3.63) is 101 Å². The van der Waals surface area contributed by atoms with Gasteiger partial charge in [0.2, 0.25) is 0 Å². The Balaban J connectivity index is 0.000000406. The SMILES string of the molecule is CN(C)CCn1c2c(c3ccc(Cl)cc31)Oc1ccccc1N(Cc1ccccc1)C2=O.O=C(O)/C=C\C(=O)O. The summed E-state index contributed by atoms with van der Waals surface area (Å²) in [6, 6.07) is 23.4. The van der Waals surface area contributed by atoms with Crippen molar-refractivity contribution < 1.29 is 29.3 Å². The van der Waals surface area contributed by atoms with Crippen LogP contribution in [0.5, 0.6) is 11.5 Å². The van der Waals surface area contributed by atoms with Crippen molar-refractivity contribution in [1.82, 2.24) is 9.47 Å². The Labute approximate surface area is 236 Å². The summed E-state index contributed by atoms with van der Waals surface area (Å²) in [4.78, 5) is 37.1. The van der Waals surface area contributed by atoms with Crippen LogP contribution in [0.1, 0.15) is 16.1 Å². The van der Waals surface area contributed by atoms with Crippen LogP contribution >= 0.6 is 11.6 Å². The molecule has 9 nitrogen and oxygen atoms in total. The number of carbonyl (C=O) groups is 3. The fourth-order valence-corrected chi connectivity index (χ4v) is 4.48. The Hall–Kier alpha value is -4.60. The number of carboxylic acid groups (broad SMARTS) is 2. The van der Waals surface area contributed by atoms with Gasteiger partial charge in [0, 0.05) is 35.7 Å². The van der Waals surface area contributed by atoms with Gasteiger partial charge in [-0.2, -0.15) is 0 Å². The van der Waals surface area contributed by atoms with Crippen molar-refractivity contribution in [3.8, 4) is 11.5 Å². The monoisotopic (exact) mass is 561 g/mol. The second kappa shape index (κ2) is 12.5. The van der Waals surface area contributed by atoms with Gasteiger partial charge >= 0.3 is 11.9 Å². The van der Waals surface area contributed by atoms with Gasteiger partial charge in [0.25, 0.3) is 5.91 Å².